The highest BCUT2D eigenvalue weighted by atomic mass is 32.1. The molecule has 5 nitrogen and oxygen atoms in total. The van der Waals surface area contributed by atoms with Crippen LogP contribution in [0.4, 0.5) is 5.13 Å². The van der Waals surface area contributed by atoms with E-state index in [4.69, 9.17) is 9.72 Å². The number of hydrogen-bond acceptors (Lipinski definition) is 6. The molecule has 0 radical (unpaired) electrons. The molecular formula is C15H25N3O2S. The number of rotatable bonds is 4. The second kappa shape index (κ2) is 6.60. The monoisotopic (exact) mass is 311 g/mol. The zero-order valence-electron chi connectivity index (χ0n) is 12.9. The molecule has 2 atom stereocenters. The number of aromatic nitrogens is 1. The lowest BCUT2D eigenvalue weighted by atomic mass is 9.97. The minimum atomic E-state index is 0.0497. The molecule has 0 spiro atoms. The number of nitrogens with zero attached hydrogens (tertiary/aromatic N) is 3. The fourth-order valence-corrected chi connectivity index (χ4v) is 4.52. The number of methoxy groups -OCH3 is 1. The Morgan fingerprint density at radius 3 is 3.00 bits per heavy atom. The van der Waals surface area contributed by atoms with Crippen molar-refractivity contribution in [2.45, 2.75) is 51.5 Å². The van der Waals surface area contributed by atoms with Gasteiger partial charge in [-0.3, -0.25) is 4.90 Å². The van der Waals surface area contributed by atoms with Gasteiger partial charge in [0.2, 0.25) is 0 Å². The van der Waals surface area contributed by atoms with Crippen LogP contribution in [0.3, 0.4) is 0 Å². The molecule has 2 fully saturated rings. The zero-order chi connectivity index (χ0) is 14.8. The molecular weight excluding hydrogens is 286 g/mol. The highest BCUT2D eigenvalue weighted by Crippen LogP contribution is 2.32. The normalized spacial score (nSPS) is 26.9. The fraction of sp³-hybridized carbons (Fsp3) is 0.800. The molecule has 3 rings (SSSR count). The van der Waals surface area contributed by atoms with E-state index in [1.54, 1.807) is 18.4 Å². The molecule has 0 amide bonds. The summed E-state index contributed by atoms with van der Waals surface area (Å²) in [5, 5.41) is 10.5. The molecule has 1 aromatic heterocycles. The van der Waals surface area contributed by atoms with Gasteiger partial charge in [-0.1, -0.05) is 17.8 Å². The molecule has 1 aromatic rings. The predicted molar refractivity (Wildman–Crippen MR) is 84.8 cm³/mol. The molecule has 2 unspecified atom stereocenters. The number of hydrogen-bond donors (Lipinski definition) is 1. The highest BCUT2D eigenvalue weighted by molar-refractivity contribution is 7.15. The summed E-state index contributed by atoms with van der Waals surface area (Å²) in [6.07, 6.45) is 3.98. The Balaban J connectivity index is 1.79. The maximum atomic E-state index is 9.50. The summed E-state index contributed by atoms with van der Waals surface area (Å²) in [4.78, 5) is 10.7. The van der Waals surface area contributed by atoms with Crippen molar-refractivity contribution in [1.82, 2.24) is 9.88 Å². The summed E-state index contributed by atoms with van der Waals surface area (Å²) in [6.45, 7) is 6.24. The Kier molecular flexibility index (Phi) is 4.78. The summed E-state index contributed by atoms with van der Waals surface area (Å²) in [5.41, 5.74) is 0.887. The third kappa shape index (κ3) is 3.08. The minimum Gasteiger partial charge on any atom is -0.391 e. The molecule has 2 aliphatic heterocycles. The maximum absolute atomic E-state index is 9.50. The Morgan fingerprint density at radius 2 is 2.24 bits per heavy atom. The molecule has 1 N–H and O–H groups in total. The first kappa shape index (κ1) is 15.2. The molecule has 6 heteroatoms. The largest absolute Gasteiger partial charge is 0.391 e. The van der Waals surface area contributed by atoms with Gasteiger partial charge in [0.05, 0.1) is 23.8 Å². The number of fused-ring (bicyclic) bond motifs is 1. The van der Waals surface area contributed by atoms with Crippen LogP contribution >= 0.6 is 11.3 Å². The van der Waals surface area contributed by atoms with Gasteiger partial charge in [0.15, 0.2) is 5.13 Å². The maximum Gasteiger partial charge on any atom is 0.186 e. The van der Waals surface area contributed by atoms with Gasteiger partial charge in [-0.15, -0.1) is 0 Å². The van der Waals surface area contributed by atoms with Crippen LogP contribution in [0, 0.1) is 0 Å². The Hall–Kier alpha value is -0.690. The molecule has 0 saturated carbocycles. The van der Waals surface area contributed by atoms with Crippen LogP contribution in [0.25, 0.3) is 0 Å². The standard InChI is InChI=1S/C15H25N3O2S/c1-11-7-17-6-4-3-5-12(17)8-18(11)15-16-13(10-20-2)14(9-19)21-15/h11-12,19H,3-10H2,1-2H3. The molecule has 0 aromatic carbocycles. The third-order valence-corrected chi connectivity index (χ3v) is 5.74. The van der Waals surface area contributed by atoms with Crippen LogP contribution in [0.2, 0.25) is 0 Å². The van der Waals surface area contributed by atoms with E-state index in [0.29, 0.717) is 18.7 Å². The third-order valence-electron chi connectivity index (χ3n) is 4.62. The average Bonchev–Trinajstić information content (AvgIpc) is 2.90. The lowest BCUT2D eigenvalue weighted by molar-refractivity contribution is 0.115. The summed E-state index contributed by atoms with van der Waals surface area (Å²) in [5.74, 6) is 0. The quantitative estimate of drug-likeness (QED) is 0.919. The topological polar surface area (TPSA) is 48.8 Å². The van der Waals surface area contributed by atoms with Crippen LogP contribution in [-0.2, 0) is 18.0 Å². The molecule has 0 aliphatic carbocycles. The molecule has 0 bridgehead atoms. The van der Waals surface area contributed by atoms with Crippen molar-refractivity contribution in [3.8, 4) is 0 Å². The van der Waals surface area contributed by atoms with E-state index < -0.39 is 0 Å². The van der Waals surface area contributed by atoms with Crippen LogP contribution < -0.4 is 4.90 Å². The smallest absolute Gasteiger partial charge is 0.186 e. The van der Waals surface area contributed by atoms with Gasteiger partial charge in [0.1, 0.15) is 0 Å². The van der Waals surface area contributed by atoms with Crippen molar-refractivity contribution >= 4 is 16.5 Å². The zero-order valence-corrected chi connectivity index (χ0v) is 13.7. The highest BCUT2D eigenvalue weighted by Gasteiger charge is 2.34. The van der Waals surface area contributed by atoms with Crippen molar-refractivity contribution in [3.05, 3.63) is 10.6 Å². The average molecular weight is 311 g/mol. The Bertz CT molecular complexity index is 479. The van der Waals surface area contributed by atoms with Gasteiger partial charge in [-0.2, -0.15) is 0 Å². The lowest BCUT2D eigenvalue weighted by Crippen LogP contribution is -2.58. The van der Waals surface area contributed by atoms with E-state index in [-0.39, 0.29) is 6.61 Å². The van der Waals surface area contributed by atoms with Gasteiger partial charge in [-0.05, 0) is 26.3 Å². The van der Waals surface area contributed by atoms with Crippen molar-refractivity contribution in [1.29, 1.82) is 0 Å². The van der Waals surface area contributed by atoms with E-state index in [9.17, 15) is 5.11 Å². The molecule has 3 heterocycles. The van der Waals surface area contributed by atoms with E-state index in [2.05, 4.69) is 16.7 Å². The number of piperidine rings is 1. The second-order valence-electron chi connectivity index (χ2n) is 6.10. The van der Waals surface area contributed by atoms with Crippen LogP contribution in [-0.4, -0.2) is 53.8 Å². The second-order valence-corrected chi connectivity index (χ2v) is 7.17. The summed E-state index contributed by atoms with van der Waals surface area (Å²) in [7, 11) is 1.67. The number of piperazine rings is 1. The van der Waals surface area contributed by atoms with Crippen molar-refractivity contribution in [3.63, 3.8) is 0 Å². The summed E-state index contributed by atoms with van der Waals surface area (Å²) in [6, 6.07) is 1.15. The van der Waals surface area contributed by atoms with E-state index in [0.717, 1.165) is 28.8 Å². The van der Waals surface area contributed by atoms with Crippen molar-refractivity contribution < 1.29 is 9.84 Å². The number of aliphatic hydroxyl groups excluding tert-OH is 1. The minimum absolute atomic E-state index is 0.0497. The number of ether oxygens (including phenoxy) is 1. The van der Waals surface area contributed by atoms with Crippen LogP contribution in [0.5, 0.6) is 0 Å². The fourth-order valence-electron chi connectivity index (χ4n) is 3.48. The molecule has 21 heavy (non-hydrogen) atoms. The first-order chi connectivity index (χ1) is 10.2. The lowest BCUT2D eigenvalue weighted by Gasteiger charge is -2.47. The van der Waals surface area contributed by atoms with E-state index in [1.807, 2.05) is 0 Å². The van der Waals surface area contributed by atoms with E-state index >= 15 is 0 Å². The number of aliphatic hydroxyl groups is 1. The van der Waals surface area contributed by atoms with Gasteiger partial charge < -0.3 is 14.7 Å². The first-order valence-electron chi connectivity index (χ1n) is 7.82. The number of thiazole rings is 1. The van der Waals surface area contributed by atoms with Gasteiger partial charge >= 0.3 is 0 Å². The Morgan fingerprint density at radius 1 is 1.38 bits per heavy atom. The summed E-state index contributed by atoms with van der Waals surface area (Å²) >= 11 is 1.62. The number of anilines is 1. The molecule has 2 aliphatic rings. The first-order valence-corrected chi connectivity index (χ1v) is 8.63. The molecule has 2 saturated heterocycles. The Labute approximate surface area is 130 Å². The van der Waals surface area contributed by atoms with Crippen LogP contribution in [0.1, 0.15) is 36.8 Å². The SMILES string of the molecule is COCc1nc(N2CC3CCCCN3CC2C)sc1CO. The van der Waals surface area contributed by atoms with Gasteiger partial charge in [-0.25, -0.2) is 4.98 Å². The molecule has 118 valence electrons. The summed E-state index contributed by atoms with van der Waals surface area (Å²) < 4.78 is 5.19. The van der Waals surface area contributed by atoms with Crippen LogP contribution in [0.15, 0.2) is 0 Å². The predicted octanol–water partition coefficient (Wildman–Crippen LogP) is 1.84. The van der Waals surface area contributed by atoms with Crippen molar-refractivity contribution in [2.24, 2.45) is 0 Å². The van der Waals surface area contributed by atoms with E-state index in [1.165, 1.54) is 25.8 Å². The van der Waals surface area contributed by atoms with Crippen molar-refractivity contribution in [2.75, 3.05) is 31.6 Å². The van der Waals surface area contributed by atoms with Gasteiger partial charge in [0, 0.05) is 32.3 Å². The van der Waals surface area contributed by atoms with Gasteiger partial charge in [0.25, 0.3) is 0 Å².